The summed E-state index contributed by atoms with van der Waals surface area (Å²) >= 11 is 3.60. The third-order valence-electron chi connectivity index (χ3n) is 3.63. The minimum Gasteiger partial charge on any atom is -0.493 e. The molecule has 0 radical (unpaired) electrons. The van der Waals surface area contributed by atoms with Crippen molar-refractivity contribution in [3.8, 4) is 11.5 Å². The molecule has 1 saturated heterocycles. The van der Waals surface area contributed by atoms with Gasteiger partial charge in [-0.2, -0.15) is 0 Å². The van der Waals surface area contributed by atoms with Crippen LogP contribution < -0.4 is 14.8 Å². The van der Waals surface area contributed by atoms with Gasteiger partial charge < -0.3 is 19.5 Å². The van der Waals surface area contributed by atoms with Gasteiger partial charge in [0.1, 0.15) is 6.10 Å². The first-order valence-electron chi connectivity index (χ1n) is 7.10. The normalized spacial score (nSPS) is 22.0. The summed E-state index contributed by atoms with van der Waals surface area (Å²) < 4.78 is 17.8. The lowest BCUT2D eigenvalue weighted by Gasteiger charge is -2.17. The van der Waals surface area contributed by atoms with E-state index in [9.17, 15) is 0 Å². The Morgan fingerprint density at radius 2 is 2.20 bits per heavy atom. The molecular weight excluding hydrogens is 322 g/mol. The predicted molar refractivity (Wildman–Crippen MR) is 80.4 cm³/mol. The van der Waals surface area contributed by atoms with Gasteiger partial charge >= 0.3 is 0 Å². The van der Waals surface area contributed by atoms with Crippen molar-refractivity contribution in [2.45, 2.75) is 38.0 Å². The lowest BCUT2D eigenvalue weighted by atomic mass is 10.2. The molecule has 2 fully saturated rings. The molecule has 2 aliphatic rings. The van der Waals surface area contributed by atoms with E-state index in [0.29, 0.717) is 12.6 Å². The number of benzene rings is 1. The predicted octanol–water partition coefficient (Wildman–Crippen LogP) is 2.88. The van der Waals surface area contributed by atoms with Crippen LogP contribution in [-0.2, 0) is 11.3 Å². The summed E-state index contributed by atoms with van der Waals surface area (Å²) in [5.74, 6) is 1.55. The molecule has 1 atom stereocenters. The highest BCUT2D eigenvalue weighted by Gasteiger charge is 2.23. The molecule has 1 heterocycles. The van der Waals surface area contributed by atoms with Crippen LogP contribution in [0.15, 0.2) is 16.6 Å². The Morgan fingerprint density at radius 3 is 2.85 bits per heavy atom. The molecule has 1 aromatic carbocycles. The van der Waals surface area contributed by atoms with Crippen LogP contribution in [0.1, 0.15) is 24.8 Å². The van der Waals surface area contributed by atoms with E-state index in [2.05, 4.69) is 27.3 Å². The quantitative estimate of drug-likeness (QED) is 0.863. The number of methoxy groups -OCH3 is 1. The second-order valence-corrected chi connectivity index (χ2v) is 6.22. The van der Waals surface area contributed by atoms with Gasteiger partial charge in [-0.3, -0.25) is 0 Å². The molecule has 0 spiro atoms. The molecule has 1 aliphatic heterocycles. The number of nitrogens with one attached hydrogen (secondary N) is 1. The van der Waals surface area contributed by atoms with Crippen molar-refractivity contribution in [2.24, 2.45) is 0 Å². The second-order valence-electron chi connectivity index (χ2n) is 5.37. The third kappa shape index (κ3) is 3.45. The maximum Gasteiger partial charge on any atom is 0.175 e. The van der Waals surface area contributed by atoms with E-state index in [1.807, 2.05) is 6.07 Å². The molecule has 1 saturated carbocycles. The molecule has 1 N–H and O–H groups in total. The largest absolute Gasteiger partial charge is 0.493 e. The highest BCUT2D eigenvalue weighted by Crippen LogP contribution is 2.38. The number of ether oxygens (including phenoxy) is 3. The van der Waals surface area contributed by atoms with Crippen LogP contribution in [0.4, 0.5) is 0 Å². The van der Waals surface area contributed by atoms with E-state index in [1.54, 1.807) is 7.11 Å². The number of hydrogen-bond donors (Lipinski definition) is 1. The van der Waals surface area contributed by atoms with Gasteiger partial charge in [-0.1, -0.05) is 0 Å². The van der Waals surface area contributed by atoms with E-state index < -0.39 is 0 Å². The molecule has 1 unspecified atom stereocenters. The van der Waals surface area contributed by atoms with Crippen LogP contribution in [0.3, 0.4) is 0 Å². The zero-order valence-corrected chi connectivity index (χ0v) is 13.2. The van der Waals surface area contributed by atoms with Crippen molar-refractivity contribution in [2.75, 3.05) is 20.3 Å². The topological polar surface area (TPSA) is 39.7 Å². The Balaban J connectivity index is 1.73. The molecule has 20 heavy (non-hydrogen) atoms. The fourth-order valence-electron chi connectivity index (χ4n) is 2.31. The molecule has 1 aliphatic carbocycles. The van der Waals surface area contributed by atoms with Crippen molar-refractivity contribution < 1.29 is 14.2 Å². The molecule has 110 valence electrons. The first-order valence-corrected chi connectivity index (χ1v) is 7.90. The van der Waals surface area contributed by atoms with Crippen molar-refractivity contribution in [3.05, 3.63) is 22.2 Å². The van der Waals surface area contributed by atoms with Gasteiger partial charge in [0, 0.05) is 19.0 Å². The van der Waals surface area contributed by atoms with E-state index in [-0.39, 0.29) is 6.10 Å². The maximum atomic E-state index is 6.00. The molecule has 5 heteroatoms. The van der Waals surface area contributed by atoms with E-state index in [0.717, 1.165) is 35.5 Å². The highest BCUT2D eigenvalue weighted by atomic mass is 79.9. The van der Waals surface area contributed by atoms with Gasteiger partial charge in [0.2, 0.25) is 0 Å². The van der Waals surface area contributed by atoms with Crippen molar-refractivity contribution in [3.63, 3.8) is 0 Å². The smallest absolute Gasteiger partial charge is 0.175 e. The van der Waals surface area contributed by atoms with Gasteiger partial charge in [0.25, 0.3) is 0 Å². The Labute approximate surface area is 127 Å². The fraction of sp³-hybridized carbons (Fsp3) is 0.600. The minimum atomic E-state index is 0.121. The van der Waals surface area contributed by atoms with Crippen molar-refractivity contribution in [1.29, 1.82) is 0 Å². The van der Waals surface area contributed by atoms with E-state index in [4.69, 9.17) is 14.2 Å². The van der Waals surface area contributed by atoms with Gasteiger partial charge in [-0.15, -0.1) is 0 Å². The van der Waals surface area contributed by atoms with E-state index in [1.165, 1.54) is 18.4 Å². The molecule has 0 bridgehead atoms. The van der Waals surface area contributed by atoms with Crippen LogP contribution in [-0.4, -0.2) is 32.5 Å². The average molecular weight is 342 g/mol. The van der Waals surface area contributed by atoms with Gasteiger partial charge in [0.15, 0.2) is 11.5 Å². The standard InChI is InChI=1S/C15H20BrNO3/c1-18-14-7-10(8-17-11-2-3-11)6-13(16)15(14)20-12-4-5-19-9-12/h6-7,11-12,17H,2-5,8-9H2,1H3. The molecule has 0 amide bonds. The van der Waals surface area contributed by atoms with Gasteiger partial charge in [-0.05, 0) is 46.5 Å². The zero-order chi connectivity index (χ0) is 13.9. The number of rotatable bonds is 6. The van der Waals surface area contributed by atoms with E-state index >= 15 is 0 Å². The molecule has 0 aromatic heterocycles. The lowest BCUT2D eigenvalue weighted by molar-refractivity contribution is 0.138. The maximum absolute atomic E-state index is 6.00. The summed E-state index contributed by atoms with van der Waals surface area (Å²) in [7, 11) is 1.68. The average Bonchev–Trinajstić information content (AvgIpc) is 3.14. The Hall–Kier alpha value is -0.780. The fourth-order valence-corrected chi connectivity index (χ4v) is 2.89. The molecule has 1 aromatic rings. The Morgan fingerprint density at radius 1 is 1.35 bits per heavy atom. The lowest BCUT2D eigenvalue weighted by Crippen LogP contribution is -2.17. The summed E-state index contributed by atoms with van der Waals surface area (Å²) in [6.07, 6.45) is 3.64. The first-order chi connectivity index (χ1) is 9.76. The van der Waals surface area contributed by atoms with Crippen molar-refractivity contribution >= 4 is 15.9 Å². The SMILES string of the molecule is COc1cc(CNC2CC2)cc(Br)c1OC1CCOC1. The molecule has 4 nitrogen and oxygen atoms in total. The molecular formula is C15H20BrNO3. The summed E-state index contributed by atoms with van der Waals surface area (Å²) in [6.45, 7) is 2.29. The Bertz CT molecular complexity index is 470. The third-order valence-corrected chi connectivity index (χ3v) is 4.22. The second kappa shape index (κ2) is 6.33. The summed E-state index contributed by atoms with van der Waals surface area (Å²) in [4.78, 5) is 0. The number of halogens is 1. The summed E-state index contributed by atoms with van der Waals surface area (Å²) in [5.41, 5.74) is 1.20. The minimum absolute atomic E-state index is 0.121. The van der Waals surface area contributed by atoms with Crippen LogP contribution in [0.5, 0.6) is 11.5 Å². The van der Waals surface area contributed by atoms with Gasteiger partial charge in [-0.25, -0.2) is 0 Å². The summed E-state index contributed by atoms with van der Waals surface area (Å²) in [5, 5.41) is 3.51. The van der Waals surface area contributed by atoms with Gasteiger partial charge in [0.05, 0.1) is 24.8 Å². The van der Waals surface area contributed by atoms with Crippen molar-refractivity contribution in [1.82, 2.24) is 5.32 Å². The zero-order valence-electron chi connectivity index (χ0n) is 11.7. The first kappa shape index (κ1) is 14.2. The molecule has 3 rings (SSSR count). The van der Waals surface area contributed by atoms with Crippen LogP contribution in [0, 0.1) is 0 Å². The Kier molecular flexibility index (Phi) is 4.48. The summed E-state index contributed by atoms with van der Waals surface area (Å²) in [6, 6.07) is 4.85. The number of hydrogen-bond acceptors (Lipinski definition) is 4. The highest BCUT2D eigenvalue weighted by molar-refractivity contribution is 9.10. The monoisotopic (exact) mass is 341 g/mol. The van der Waals surface area contributed by atoms with Crippen LogP contribution in [0.2, 0.25) is 0 Å². The van der Waals surface area contributed by atoms with Crippen LogP contribution >= 0.6 is 15.9 Å². The van der Waals surface area contributed by atoms with Crippen LogP contribution in [0.25, 0.3) is 0 Å².